The molecule has 0 aromatic carbocycles. The van der Waals surface area contributed by atoms with Crippen LogP contribution in [0.5, 0.6) is 0 Å². The number of nitrogens with zero attached hydrogens (tertiary/aromatic N) is 2. The molecule has 4 rings (SSSR count). The summed E-state index contributed by atoms with van der Waals surface area (Å²) in [5, 5.41) is 0. The number of hydrogen-bond donors (Lipinski definition) is 0. The largest absolute Gasteiger partial charge is 0.337 e. The second-order valence-electron chi connectivity index (χ2n) is 6.45. The zero-order chi connectivity index (χ0) is 13.4. The normalized spacial score (nSPS) is 28.9. The Kier molecular flexibility index (Phi) is 3.10. The predicted octanol–water partition coefficient (Wildman–Crippen LogP) is 4.28. The molecule has 20 heavy (non-hydrogen) atoms. The SMILES string of the molecule is C1=C[C@@H]2C[C@@H](Cn3ccnc3)CCC3=C2C(=C1)CCC3. The quantitative estimate of drug-likeness (QED) is 0.781. The summed E-state index contributed by atoms with van der Waals surface area (Å²) in [6.45, 7) is 1.13. The van der Waals surface area contributed by atoms with Crippen molar-refractivity contribution in [2.75, 3.05) is 0 Å². The van der Waals surface area contributed by atoms with Gasteiger partial charge in [0.15, 0.2) is 0 Å². The molecule has 0 fully saturated rings. The lowest BCUT2D eigenvalue weighted by molar-refractivity contribution is 0.373. The zero-order valence-electron chi connectivity index (χ0n) is 12.0. The molecule has 3 aliphatic carbocycles. The first-order valence-corrected chi connectivity index (χ1v) is 7.95. The molecule has 0 unspecified atom stereocenters. The van der Waals surface area contributed by atoms with Crippen LogP contribution in [0.3, 0.4) is 0 Å². The van der Waals surface area contributed by atoms with Crippen molar-refractivity contribution in [3.8, 4) is 0 Å². The molecule has 0 spiro atoms. The van der Waals surface area contributed by atoms with Gasteiger partial charge in [-0.05, 0) is 55.6 Å². The van der Waals surface area contributed by atoms with Crippen LogP contribution in [-0.2, 0) is 6.54 Å². The van der Waals surface area contributed by atoms with Crippen molar-refractivity contribution in [2.24, 2.45) is 11.8 Å². The predicted molar refractivity (Wildman–Crippen MR) is 81.2 cm³/mol. The van der Waals surface area contributed by atoms with E-state index in [1.54, 1.807) is 16.7 Å². The van der Waals surface area contributed by atoms with Crippen LogP contribution in [-0.4, -0.2) is 9.55 Å². The van der Waals surface area contributed by atoms with E-state index in [0.717, 1.165) is 12.5 Å². The van der Waals surface area contributed by atoms with Gasteiger partial charge < -0.3 is 4.57 Å². The fourth-order valence-corrected chi connectivity index (χ4v) is 4.23. The van der Waals surface area contributed by atoms with Gasteiger partial charge in [-0.2, -0.15) is 0 Å². The standard InChI is InChI=1S/C18H22N2/c1-3-15-4-2-6-17-11-14(12-20-10-9-19-13-20)7-8-16(5-1)18(15)17/h2,4,6,9-10,13-14,17H,1,3,5,7-8,11-12H2/t14-,17+/m0/s1. The van der Waals surface area contributed by atoms with Crippen LogP contribution in [0, 0.1) is 11.8 Å². The highest BCUT2D eigenvalue weighted by atomic mass is 15.0. The Hall–Kier alpha value is -1.57. The van der Waals surface area contributed by atoms with Crippen LogP contribution < -0.4 is 0 Å². The Labute approximate surface area is 120 Å². The summed E-state index contributed by atoms with van der Waals surface area (Å²) in [4.78, 5) is 4.18. The van der Waals surface area contributed by atoms with Gasteiger partial charge in [-0.3, -0.25) is 0 Å². The summed E-state index contributed by atoms with van der Waals surface area (Å²) < 4.78 is 2.25. The number of aromatic nitrogens is 2. The summed E-state index contributed by atoms with van der Waals surface area (Å²) in [6.07, 6.45) is 21.0. The fraction of sp³-hybridized carbons (Fsp3) is 0.500. The third-order valence-electron chi connectivity index (χ3n) is 5.13. The molecular formula is C18H22N2. The van der Waals surface area contributed by atoms with E-state index in [2.05, 4.69) is 34.0 Å². The summed E-state index contributed by atoms with van der Waals surface area (Å²) in [5.41, 5.74) is 5.14. The minimum atomic E-state index is 0.682. The van der Waals surface area contributed by atoms with Crippen molar-refractivity contribution in [1.29, 1.82) is 0 Å². The molecule has 1 heterocycles. The highest BCUT2D eigenvalue weighted by Crippen LogP contribution is 2.44. The van der Waals surface area contributed by atoms with Gasteiger partial charge in [0.2, 0.25) is 0 Å². The van der Waals surface area contributed by atoms with E-state index >= 15 is 0 Å². The Morgan fingerprint density at radius 2 is 2.25 bits per heavy atom. The summed E-state index contributed by atoms with van der Waals surface area (Å²) in [5.74, 6) is 1.46. The van der Waals surface area contributed by atoms with E-state index in [0.29, 0.717) is 5.92 Å². The maximum atomic E-state index is 4.18. The third kappa shape index (κ3) is 2.17. The monoisotopic (exact) mass is 266 g/mol. The maximum absolute atomic E-state index is 4.18. The number of allylic oxidation sites excluding steroid dienone is 6. The first-order chi connectivity index (χ1) is 9.90. The number of rotatable bonds is 2. The highest BCUT2D eigenvalue weighted by Gasteiger charge is 2.30. The van der Waals surface area contributed by atoms with E-state index in [4.69, 9.17) is 0 Å². The summed E-state index contributed by atoms with van der Waals surface area (Å²) >= 11 is 0. The van der Waals surface area contributed by atoms with Gasteiger partial charge in [0.1, 0.15) is 0 Å². The van der Waals surface area contributed by atoms with Gasteiger partial charge in [0, 0.05) is 24.9 Å². The average Bonchev–Trinajstić information content (AvgIpc) is 2.91. The highest BCUT2D eigenvalue weighted by molar-refractivity contribution is 5.47. The first-order valence-electron chi connectivity index (χ1n) is 7.95. The van der Waals surface area contributed by atoms with Crippen molar-refractivity contribution in [3.05, 3.63) is 53.7 Å². The van der Waals surface area contributed by atoms with Crippen molar-refractivity contribution in [2.45, 2.75) is 45.1 Å². The maximum Gasteiger partial charge on any atom is 0.0945 e. The zero-order valence-corrected chi connectivity index (χ0v) is 12.0. The molecule has 2 heteroatoms. The van der Waals surface area contributed by atoms with E-state index in [-0.39, 0.29) is 0 Å². The third-order valence-corrected chi connectivity index (χ3v) is 5.13. The van der Waals surface area contributed by atoms with Crippen molar-refractivity contribution < 1.29 is 0 Å². The molecule has 0 N–H and O–H groups in total. The van der Waals surface area contributed by atoms with Crippen molar-refractivity contribution in [1.82, 2.24) is 9.55 Å². The molecule has 0 saturated heterocycles. The molecule has 0 radical (unpaired) electrons. The lowest BCUT2D eigenvalue weighted by Gasteiger charge is -2.29. The van der Waals surface area contributed by atoms with Crippen LogP contribution in [0.4, 0.5) is 0 Å². The van der Waals surface area contributed by atoms with Crippen molar-refractivity contribution in [3.63, 3.8) is 0 Å². The molecule has 3 aliphatic rings. The molecular weight excluding hydrogens is 244 g/mol. The van der Waals surface area contributed by atoms with Crippen LogP contribution in [0.2, 0.25) is 0 Å². The second kappa shape index (κ2) is 5.08. The van der Waals surface area contributed by atoms with Gasteiger partial charge in [0.25, 0.3) is 0 Å². The van der Waals surface area contributed by atoms with Crippen molar-refractivity contribution >= 4 is 0 Å². The molecule has 1 aromatic heterocycles. The van der Waals surface area contributed by atoms with E-state index in [9.17, 15) is 0 Å². The van der Waals surface area contributed by atoms with Gasteiger partial charge >= 0.3 is 0 Å². The van der Waals surface area contributed by atoms with Crippen LogP contribution in [0.25, 0.3) is 0 Å². The molecule has 2 nitrogen and oxygen atoms in total. The topological polar surface area (TPSA) is 17.8 Å². The molecule has 0 bridgehead atoms. The lowest BCUT2D eigenvalue weighted by Crippen LogP contribution is -2.16. The van der Waals surface area contributed by atoms with Crippen LogP contribution in [0.1, 0.15) is 38.5 Å². The average molecular weight is 266 g/mol. The second-order valence-corrected chi connectivity index (χ2v) is 6.45. The molecule has 0 saturated carbocycles. The molecule has 1 aromatic rings. The van der Waals surface area contributed by atoms with E-state index < -0.39 is 0 Å². The smallest absolute Gasteiger partial charge is 0.0945 e. The van der Waals surface area contributed by atoms with Gasteiger partial charge in [0.05, 0.1) is 6.33 Å². The molecule has 0 aliphatic heterocycles. The van der Waals surface area contributed by atoms with E-state index in [1.165, 1.54) is 38.5 Å². The Bertz CT molecular complexity index is 575. The molecule has 2 atom stereocenters. The lowest BCUT2D eigenvalue weighted by atomic mass is 9.76. The van der Waals surface area contributed by atoms with Gasteiger partial charge in [-0.1, -0.05) is 23.8 Å². The summed E-state index contributed by atoms with van der Waals surface area (Å²) in [6, 6.07) is 0. The summed E-state index contributed by atoms with van der Waals surface area (Å²) in [7, 11) is 0. The molecule has 104 valence electrons. The van der Waals surface area contributed by atoms with Crippen LogP contribution in [0.15, 0.2) is 53.7 Å². The minimum absolute atomic E-state index is 0.682. The van der Waals surface area contributed by atoms with Gasteiger partial charge in [-0.25, -0.2) is 4.98 Å². The fourth-order valence-electron chi connectivity index (χ4n) is 4.23. The Balaban J connectivity index is 1.58. The minimum Gasteiger partial charge on any atom is -0.337 e. The Morgan fingerprint density at radius 3 is 3.15 bits per heavy atom. The number of hydrogen-bond acceptors (Lipinski definition) is 1. The van der Waals surface area contributed by atoms with Crippen LogP contribution >= 0.6 is 0 Å². The van der Waals surface area contributed by atoms with E-state index in [1.807, 2.05) is 12.5 Å². The molecule has 0 amide bonds. The first kappa shape index (κ1) is 12.2. The van der Waals surface area contributed by atoms with Gasteiger partial charge in [-0.15, -0.1) is 0 Å². The Morgan fingerprint density at radius 1 is 1.25 bits per heavy atom. The number of imidazole rings is 1.